The zero-order valence-corrected chi connectivity index (χ0v) is 15.0. The van der Waals surface area contributed by atoms with Crippen LogP contribution in [0, 0.1) is 5.92 Å². The van der Waals surface area contributed by atoms with Crippen molar-refractivity contribution in [1.29, 1.82) is 0 Å². The van der Waals surface area contributed by atoms with Gasteiger partial charge in [0.15, 0.2) is 11.5 Å². The van der Waals surface area contributed by atoms with E-state index in [0.29, 0.717) is 17.9 Å². The highest BCUT2D eigenvalue weighted by Gasteiger charge is 2.26. The van der Waals surface area contributed by atoms with Crippen LogP contribution >= 0.6 is 0 Å². The monoisotopic (exact) mass is 356 g/mol. The summed E-state index contributed by atoms with van der Waals surface area (Å²) in [5, 5.41) is 2.77. The highest BCUT2D eigenvalue weighted by atomic mass is 32.2. The van der Waals surface area contributed by atoms with Crippen LogP contribution < -0.4 is 19.5 Å². The standard InChI is InChI=1S/C16H24N2O5S/c1-4-7-24(20,21)18-15(11(2)3)16(19)17-9-12-5-6-13-14(8-12)23-10-22-13/h5-6,8,11,15,18H,4,7,9-10H2,1-3H3,(H,17,19)/t15-/m0/s1. The third kappa shape index (κ3) is 4.85. The van der Waals surface area contributed by atoms with Crippen molar-refractivity contribution in [3.05, 3.63) is 23.8 Å². The van der Waals surface area contributed by atoms with Crippen LogP contribution in [0.3, 0.4) is 0 Å². The zero-order valence-electron chi connectivity index (χ0n) is 14.2. The van der Waals surface area contributed by atoms with E-state index in [-0.39, 0.29) is 30.9 Å². The topological polar surface area (TPSA) is 93.7 Å². The number of nitrogens with one attached hydrogen (secondary N) is 2. The molecule has 0 aliphatic carbocycles. The molecule has 2 rings (SSSR count). The Labute approximate surface area is 142 Å². The van der Waals surface area contributed by atoms with Gasteiger partial charge in [0, 0.05) is 6.54 Å². The van der Waals surface area contributed by atoms with E-state index in [1.54, 1.807) is 32.9 Å². The van der Waals surface area contributed by atoms with Crippen molar-refractivity contribution in [2.24, 2.45) is 5.92 Å². The van der Waals surface area contributed by atoms with Gasteiger partial charge in [-0.2, -0.15) is 0 Å². The van der Waals surface area contributed by atoms with E-state index in [9.17, 15) is 13.2 Å². The van der Waals surface area contributed by atoms with Gasteiger partial charge < -0.3 is 14.8 Å². The van der Waals surface area contributed by atoms with Gasteiger partial charge in [0.1, 0.15) is 6.04 Å². The number of hydrogen-bond acceptors (Lipinski definition) is 5. The highest BCUT2D eigenvalue weighted by molar-refractivity contribution is 7.89. The molecule has 7 nitrogen and oxygen atoms in total. The molecule has 0 saturated heterocycles. The molecular weight excluding hydrogens is 332 g/mol. The van der Waals surface area contributed by atoms with Gasteiger partial charge in [0.2, 0.25) is 22.7 Å². The highest BCUT2D eigenvalue weighted by Crippen LogP contribution is 2.32. The molecule has 0 unspecified atom stereocenters. The van der Waals surface area contributed by atoms with Crippen molar-refractivity contribution in [2.45, 2.75) is 39.8 Å². The van der Waals surface area contributed by atoms with Crippen LogP contribution in [-0.4, -0.2) is 32.9 Å². The molecule has 0 aromatic heterocycles. The minimum absolute atomic E-state index is 0.00562. The molecule has 0 fully saturated rings. The van der Waals surface area contributed by atoms with Crippen LogP contribution in [0.1, 0.15) is 32.8 Å². The van der Waals surface area contributed by atoms with E-state index in [1.807, 2.05) is 6.07 Å². The van der Waals surface area contributed by atoms with Gasteiger partial charge in [0.05, 0.1) is 5.75 Å². The Bertz CT molecular complexity index is 688. The Morgan fingerprint density at radius 3 is 2.62 bits per heavy atom. The summed E-state index contributed by atoms with van der Waals surface area (Å²) in [6.45, 7) is 5.87. The summed E-state index contributed by atoms with van der Waals surface area (Å²) in [6.07, 6.45) is 0.499. The summed E-state index contributed by atoms with van der Waals surface area (Å²) in [4.78, 5) is 12.4. The maximum atomic E-state index is 12.4. The average Bonchev–Trinajstić information content (AvgIpc) is 2.97. The maximum Gasteiger partial charge on any atom is 0.238 e. The fraction of sp³-hybridized carbons (Fsp3) is 0.562. The van der Waals surface area contributed by atoms with Crippen LogP contribution in [0.2, 0.25) is 0 Å². The molecule has 24 heavy (non-hydrogen) atoms. The molecule has 0 radical (unpaired) electrons. The largest absolute Gasteiger partial charge is 0.454 e. The smallest absolute Gasteiger partial charge is 0.238 e. The minimum Gasteiger partial charge on any atom is -0.454 e. The summed E-state index contributed by atoms with van der Waals surface area (Å²) < 4.78 is 36.9. The van der Waals surface area contributed by atoms with E-state index in [2.05, 4.69) is 10.0 Å². The van der Waals surface area contributed by atoms with Crippen molar-refractivity contribution in [3.63, 3.8) is 0 Å². The molecule has 8 heteroatoms. The maximum absolute atomic E-state index is 12.4. The van der Waals surface area contributed by atoms with Crippen LogP contribution in [0.5, 0.6) is 11.5 Å². The molecule has 1 aliphatic heterocycles. The van der Waals surface area contributed by atoms with Crippen molar-refractivity contribution >= 4 is 15.9 Å². The second-order valence-electron chi connectivity index (χ2n) is 6.06. The van der Waals surface area contributed by atoms with Gasteiger partial charge in [-0.1, -0.05) is 26.8 Å². The van der Waals surface area contributed by atoms with Crippen molar-refractivity contribution in [3.8, 4) is 11.5 Å². The lowest BCUT2D eigenvalue weighted by Gasteiger charge is -2.21. The number of amides is 1. The first kappa shape index (κ1) is 18.5. The summed E-state index contributed by atoms with van der Waals surface area (Å²) in [5.41, 5.74) is 0.853. The quantitative estimate of drug-likeness (QED) is 0.734. The van der Waals surface area contributed by atoms with Gasteiger partial charge in [0.25, 0.3) is 0 Å². The second kappa shape index (κ2) is 7.85. The van der Waals surface area contributed by atoms with Crippen LogP contribution in [-0.2, 0) is 21.4 Å². The Hall–Kier alpha value is -1.80. The van der Waals surface area contributed by atoms with Crippen molar-refractivity contribution in [2.75, 3.05) is 12.5 Å². The van der Waals surface area contributed by atoms with Gasteiger partial charge in [-0.05, 0) is 30.0 Å². The lowest BCUT2D eigenvalue weighted by molar-refractivity contribution is -0.123. The summed E-state index contributed by atoms with van der Waals surface area (Å²) in [5.74, 6) is 0.824. The summed E-state index contributed by atoms with van der Waals surface area (Å²) in [6, 6.07) is 4.62. The Morgan fingerprint density at radius 1 is 1.25 bits per heavy atom. The SMILES string of the molecule is CCCS(=O)(=O)N[C@H](C(=O)NCc1ccc2c(c1)OCO2)C(C)C. The number of carbonyl (C=O) groups excluding carboxylic acids is 1. The number of carbonyl (C=O) groups is 1. The molecule has 1 aromatic rings. The van der Waals surface area contributed by atoms with E-state index in [1.165, 1.54) is 0 Å². The first-order valence-corrected chi connectivity index (χ1v) is 9.64. The number of fused-ring (bicyclic) bond motifs is 1. The lowest BCUT2D eigenvalue weighted by atomic mass is 10.0. The molecular formula is C16H24N2O5S. The first-order chi connectivity index (χ1) is 11.3. The molecule has 1 amide bonds. The number of sulfonamides is 1. The van der Waals surface area contributed by atoms with Gasteiger partial charge in [-0.15, -0.1) is 0 Å². The Kier molecular flexibility index (Phi) is 6.06. The van der Waals surface area contributed by atoms with E-state index < -0.39 is 16.1 Å². The minimum atomic E-state index is -3.46. The molecule has 134 valence electrons. The zero-order chi connectivity index (χ0) is 17.7. The van der Waals surface area contributed by atoms with Crippen LogP contribution in [0.25, 0.3) is 0 Å². The van der Waals surface area contributed by atoms with Crippen molar-refractivity contribution < 1.29 is 22.7 Å². The third-order valence-electron chi connectivity index (χ3n) is 3.63. The normalized spacial score (nSPS) is 14.7. The Morgan fingerprint density at radius 2 is 1.96 bits per heavy atom. The van der Waals surface area contributed by atoms with E-state index >= 15 is 0 Å². The van der Waals surface area contributed by atoms with Crippen LogP contribution in [0.15, 0.2) is 18.2 Å². The molecule has 1 aromatic carbocycles. The molecule has 1 atom stereocenters. The van der Waals surface area contributed by atoms with Gasteiger partial charge in [-0.25, -0.2) is 13.1 Å². The number of hydrogen-bond donors (Lipinski definition) is 2. The van der Waals surface area contributed by atoms with Gasteiger partial charge >= 0.3 is 0 Å². The fourth-order valence-corrected chi connectivity index (χ4v) is 3.78. The molecule has 1 aliphatic rings. The lowest BCUT2D eigenvalue weighted by Crippen LogP contribution is -2.49. The molecule has 1 heterocycles. The number of benzene rings is 1. The average molecular weight is 356 g/mol. The van der Waals surface area contributed by atoms with Crippen LogP contribution in [0.4, 0.5) is 0 Å². The number of rotatable bonds is 8. The first-order valence-electron chi connectivity index (χ1n) is 7.98. The second-order valence-corrected chi connectivity index (χ2v) is 7.94. The molecule has 2 N–H and O–H groups in total. The number of ether oxygens (including phenoxy) is 2. The van der Waals surface area contributed by atoms with E-state index in [4.69, 9.17) is 9.47 Å². The summed E-state index contributed by atoms with van der Waals surface area (Å²) >= 11 is 0. The predicted molar refractivity (Wildman–Crippen MR) is 90.3 cm³/mol. The third-order valence-corrected chi connectivity index (χ3v) is 5.19. The molecule has 0 spiro atoms. The Balaban J connectivity index is 1.98. The molecule has 0 bridgehead atoms. The summed E-state index contributed by atoms with van der Waals surface area (Å²) in [7, 11) is -3.46. The predicted octanol–water partition coefficient (Wildman–Crippen LogP) is 1.39. The van der Waals surface area contributed by atoms with E-state index in [0.717, 1.165) is 5.56 Å². The van der Waals surface area contributed by atoms with Crippen molar-refractivity contribution in [1.82, 2.24) is 10.0 Å². The fourth-order valence-electron chi connectivity index (χ4n) is 2.36. The molecule has 0 saturated carbocycles. The van der Waals surface area contributed by atoms with Gasteiger partial charge in [-0.3, -0.25) is 4.79 Å².